The Morgan fingerprint density at radius 3 is 2.28 bits per heavy atom. The molecule has 106 valence electrons. The van der Waals surface area contributed by atoms with Crippen LogP contribution >= 0.6 is 0 Å². The van der Waals surface area contributed by atoms with E-state index >= 15 is 0 Å². The van der Waals surface area contributed by atoms with Gasteiger partial charge in [0.25, 0.3) is 0 Å². The number of hydrogen-bond acceptors (Lipinski definition) is 7. The number of aliphatic hydroxyl groups excluding tert-OH is 1. The lowest BCUT2D eigenvalue weighted by Crippen LogP contribution is -2.46. The maximum atomic E-state index is 11.4. The Hall–Kier alpha value is -1.22. The predicted molar refractivity (Wildman–Crippen MR) is 61.7 cm³/mol. The molecule has 0 aromatic carbocycles. The van der Waals surface area contributed by atoms with E-state index in [9.17, 15) is 9.59 Å². The van der Waals surface area contributed by atoms with Crippen LogP contribution in [0.25, 0.3) is 0 Å². The van der Waals surface area contributed by atoms with Gasteiger partial charge in [-0.3, -0.25) is 9.59 Å². The molecule has 6 N–H and O–H groups in total. The van der Waals surface area contributed by atoms with Gasteiger partial charge >= 0.3 is 11.9 Å². The third kappa shape index (κ3) is 6.50. The van der Waals surface area contributed by atoms with Crippen molar-refractivity contribution in [1.82, 2.24) is 0 Å². The van der Waals surface area contributed by atoms with Gasteiger partial charge in [0, 0.05) is 13.1 Å². The molecule has 0 spiro atoms. The Balaban J connectivity index is 4.60. The summed E-state index contributed by atoms with van der Waals surface area (Å²) in [6.07, 6.45) is -0.715. The van der Waals surface area contributed by atoms with Crippen molar-refractivity contribution in [3.8, 4) is 0 Å². The zero-order valence-corrected chi connectivity index (χ0v) is 10.1. The summed E-state index contributed by atoms with van der Waals surface area (Å²) >= 11 is 0. The number of ether oxygens (including phenoxy) is 2. The fraction of sp³-hybridized carbons (Fsp3) is 0.800. The normalized spacial score (nSPS) is 13.9. The molecule has 1 atom stereocenters. The molecule has 0 heterocycles. The zero-order chi connectivity index (χ0) is 14.0. The number of esters is 1. The average molecular weight is 264 g/mol. The second kappa shape index (κ2) is 8.81. The lowest BCUT2D eigenvalue weighted by atomic mass is 9.95. The van der Waals surface area contributed by atoms with Gasteiger partial charge in [0.2, 0.25) is 0 Å². The summed E-state index contributed by atoms with van der Waals surface area (Å²) in [6.45, 7) is -0.314. The van der Waals surface area contributed by atoms with Crippen LogP contribution in [0.15, 0.2) is 0 Å². The highest BCUT2D eigenvalue weighted by Crippen LogP contribution is 2.20. The summed E-state index contributed by atoms with van der Waals surface area (Å²) in [7, 11) is 0. The summed E-state index contributed by atoms with van der Waals surface area (Å²) in [4.78, 5) is 22.2. The van der Waals surface area contributed by atoms with Gasteiger partial charge < -0.3 is 31.2 Å². The van der Waals surface area contributed by atoms with E-state index in [1.54, 1.807) is 0 Å². The number of nitrogens with two attached hydrogens (primary N) is 2. The number of aliphatic carboxylic acids is 1. The predicted octanol–water partition coefficient (Wildman–Crippen LogP) is -1.94. The van der Waals surface area contributed by atoms with E-state index in [2.05, 4.69) is 4.74 Å². The van der Waals surface area contributed by atoms with Crippen molar-refractivity contribution in [3.05, 3.63) is 0 Å². The molecule has 0 aromatic rings. The molecular weight excluding hydrogens is 244 g/mol. The van der Waals surface area contributed by atoms with Crippen LogP contribution in [0.5, 0.6) is 0 Å². The molecular formula is C10H20N2O6. The molecule has 0 aliphatic heterocycles. The molecule has 0 aliphatic rings. The molecule has 8 heteroatoms. The van der Waals surface area contributed by atoms with Crippen molar-refractivity contribution in [1.29, 1.82) is 0 Å². The number of carboxylic acids is 1. The number of carbonyl (C=O) groups is 2. The molecule has 0 aromatic heterocycles. The summed E-state index contributed by atoms with van der Waals surface area (Å²) in [5, 5.41) is 17.3. The lowest BCUT2D eigenvalue weighted by Gasteiger charge is -2.30. The van der Waals surface area contributed by atoms with Crippen LogP contribution < -0.4 is 11.5 Å². The van der Waals surface area contributed by atoms with Crippen molar-refractivity contribution in [3.63, 3.8) is 0 Å². The summed E-state index contributed by atoms with van der Waals surface area (Å²) < 4.78 is 9.96. The molecule has 8 nitrogen and oxygen atoms in total. The van der Waals surface area contributed by atoms with Crippen LogP contribution in [0.1, 0.15) is 12.8 Å². The van der Waals surface area contributed by atoms with Crippen LogP contribution in [-0.4, -0.2) is 60.7 Å². The first-order chi connectivity index (χ1) is 8.49. The first kappa shape index (κ1) is 16.8. The Morgan fingerprint density at radius 2 is 1.83 bits per heavy atom. The highest BCUT2D eigenvalue weighted by atomic mass is 16.5. The molecule has 0 saturated carbocycles. The van der Waals surface area contributed by atoms with Crippen LogP contribution in [0.4, 0.5) is 0 Å². The van der Waals surface area contributed by atoms with Crippen molar-refractivity contribution < 1.29 is 29.3 Å². The minimum absolute atomic E-state index is 0.0950. The zero-order valence-electron chi connectivity index (χ0n) is 10.1. The second-order valence-electron chi connectivity index (χ2n) is 3.72. The monoisotopic (exact) mass is 264 g/mol. The van der Waals surface area contributed by atoms with Gasteiger partial charge in [0.15, 0.2) is 0 Å². The van der Waals surface area contributed by atoms with Gasteiger partial charge in [-0.05, 0) is 0 Å². The van der Waals surface area contributed by atoms with E-state index < -0.39 is 24.0 Å². The lowest BCUT2D eigenvalue weighted by molar-refractivity contribution is -0.157. The molecule has 0 bridgehead atoms. The number of hydrogen-bond donors (Lipinski definition) is 4. The first-order valence-corrected chi connectivity index (χ1v) is 5.52. The van der Waals surface area contributed by atoms with Crippen LogP contribution in [-0.2, 0) is 19.1 Å². The molecule has 1 unspecified atom stereocenters. The number of carboxylic acid groups (broad SMARTS) is 1. The Labute approximate surface area is 105 Å². The van der Waals surface area contributed by atoms with E-state index in [-0.39, 0.29) is 39.3 Å². The smallest absolute Gasteiger partial charge is 0.308 e. The standard InChI is InChI=1S/C10H20N2O6/c11-1-3-18-10(7-12,5-8(14)15)6-9(16)17-4-2-13/h13H,1-7,11-12H2,(H,14,15). The quantitative estimate of drug-likeness (QED) is 0.333. The second-order valence-corrected chi connectivity index (χ2v) is 3.72. The van der Waals surface area contributed by atoms with Gasteiger partial charge in [0.1, 0.15) is 12.2 Å². The van der Waals surface area contributed by atoms with E-state index in [1.165, 1.54) is 0 Å². The number of aliphatic hydroxyl groups is 1. The van der Waals surface area contributed by atoms with Gasteiger partial charge in [0.05, 0.1) is 26.1 Å². The van der Waals surface area contributed by atoms with Gasteiger partial charge in [-0.15, -0.1) is 0 Å². The third-order valence-corrected chi connectivity index (χ3v) is 2.19. The maximum absolute atomic E-state index is 11.4. The highest BCUT2D eigenvalue weighted by Gasteiger charge is 2.35. The van der Waals surface area contributed by atoms with Crippen LogP contribution in [0.3, 0.4) is 0 Å². The summed E-state index contributed by atoms with van der Waals surface area (Å²) in [5.74, 6) is -1.81. The molecule has 18 heavy (non-hydrogen) atoms. The largest absolute Gasteiger partial charge is 0.481 e. The average Bonchev–Trinajstić information content (AvgIpc) is 2.32. The fourth-order valence-electron chi connectivity index (χ4n) is 1.39. The number of rotatable bonds is 10. The molecule has 0 radical (unpaired) electrons. The Kier molecular flexibility index (Phi) is 8.21. The van der Waals surface area contributed by atoms with E-state index in [0.29, 0.717) is 0 Å². The summed E-state index contributed by atoms with van der Waals surface area (Å²) in [6, 6.07) is 0. The molecule has 0 rings (SSSR count). The van der Waals surface area contributed by atoms with Crippen molar-refractivity contribution in [2.45, 2.75) is 18.4 Å². The van der Waals surface area contributed by atoms with Crippen LogP contribution in [0.2, 0.25) is 0 Å². The fourth-order valence-corrected chi connectivity index (χ4v) is 1.39. The molecule has 0 amide bonds. The minimum atomic E-state index is -1.32. The topological polar surface area (TPSA) is 145 Å². The minimum Gasteiger partial charge on any atom is -0.481 e. The Morgan fingerprint density at radius 1 is 1.17 bits per heavy atom. The van der Waals surface area contributed by atoms with Gasteiger partial charge in [-0.1, -0.05) is 0 Å². The van der Waals surface area contributed by atoms with E-state index in [4.69, 9.17) is 26.4 Å². The van der Waals surface area contributed by atoms with Gasteiger partial charge in [-0.2, -0.15) is 0 Å². The molecule has 0 fully saturated rings. The number of carbonyl (C=O) groups excluding carboxylic acids is 1. The van der Waals surface area contributed by atoms with E-state index in [1.807, 2.05) is 0 Å². The van der Waals surface area contributed by atoms with Crippen molar-refractivity contribution >= 4 is 11.9 Å². The van der Waals surface area contributed by atoms with E-state index in [0.717, 1.165) is 0 Å². The summed E-state index contributed by atoms with van der Waals surface area (Å²) in [5.41, 5.74) is 9.44. The SMILES string of the molecule is NCCOC(CN)(CC(=O)O)CC(=O)OCCO. The molecule has 0 aliphatic carbocycles. The molecule has 0 saturated heterocycles. The van der Waals surface area contributed by atoms with Crippen molar-refractivity contribution in [2.75, 3.05) is 32.9 Å². The third-order valence-electron chi connectivity index (χ3n) is 2.19. The van der Waals surface area contributed by atoms with Crippen LogP contribution in [0, 0.1) is 0 Å². The Bertz CT molecular complexity index is 273. The van der Waals surface area contributed by atoms with Gasteiger partial charge in [-0.25, -0.2) is 0 Å². The van der Waals surface area contributed by atoms with Crippen molar-refractivity contribution in [2.24, 2.45) is 11.5 Å². The maximum Gasteiger partial charge on any atom is 0.308 e. The highest BCUT2D eigenvalue weighted by molar-refractivity contribution is 5.74. The first-order valence-electron chi connectivity index (χ1n) is 5.52.